The lowest BCUT2D eigenvalue weighted by Gasteiger charge is -2.16. The summed E-state index contributed by atoms with van der Waals surface area (Å²) in [6.07, 6.45) is 2.33. The Morgan fingerprint density at radius 2 is 2.33 bits per heavy atom. The van der Waals surface area contributed by atoms with Crippen molar-refractivity contribution in [3.8, 4) is 0 Å². The minimum Gasteiger partial charge on any atom is -0.400 e. The van der Waals surface area contributed by atoms with E-state index in [0.29, 0.717) is 18.0 Å². The van der Waals surface area contributed by atoms with Crippen LogP contribution >= 0.6 is 0 Å². The van der Waals surface area contributed by atoms with Crippen molar-refractivity contribution in [2.45, 2.75) is 26.2 Å². The molecule has 0 heterocycles. The van der Waals surface area contributed by atoms with Crippen molar-refractivity contribution >= 4 is 0 Å². The van der Waals surface area contributed by atoms with Gasteiger partial charge in [0, 0.05) is 12.1 Å². The SMILES string of the molecule is CC1CCC(N)=C(F)C1. The second kappa shape index (κ2) is 2.38. The second-order valence-corrected chi connectivity index (χ2v) is 2.78. The molecule has 0 saturated carbocycles. The highest BCUT2D eigenvalue weighted by atomic mass is 19.1. The van der Waals surface area contributed by atoms with Gasteiger partial charge in [0.25, 0.3) is 0 Å². The van der Waals surface area contributed by atoms with Gasteiger partial charge in [0.15, 0.2) is 0 Å². The number of rotatable bonds is 0. The number of allylic oxidation sites excluding steroid dienone is 2. The molecule has 0 spiro atoms. The first kappa shape index (κ1) is 6.59. The fourth-order valence-electron chi connectivity index (χ4n) is 1.08. The van der Waals surface area contributed by atoms with Gasteiger partial charge in [-0.25, -0.2) is 4.39 Å². The monoisotopic (exact) mass is 129 g/mol. The molecule has 1 rings (SSSR count). The molecule has 1 atom stereocenters. The van der Waals surface area contributed by atoms with E-state index < -0.39 is 0 Å². The molecule has 0 fully saturated rings. The Morgan fingerprint density at radius 1 is 1.67 bits per heavy atom. The zero-order valence-corrected chi connectivity index (χ0v) is 5.65. The first-order valence-electron chi connectivity index (χ1n) is 3.33. The van der Waals surface area contributed by atoms with Gasteiger partial charge in [0.05, 0.1) is 0 Å². The summed E-state index contributed by atoms with van der Waals surface area (Å²) in [6.45, 7) is 2.05. The van der Waals surface area contributed by atoms with Gasteiger partial charge < -0.3 is 5.73 Å². The third-order valence-corrected chi connectivity index (χ3v) is 1.78. The lowest BCUT2D eigenvalue weighted by Crippen LogP contribution is -2.10. The normalized spacial score (nSPS) is 28.9. The Kier molecular flexibility index (Phi) is 1.74. The van der Waals surface area contributed by atoms with Crippen LogP contribution in [0.25, 0.3) is 0 Å². The summed E-state index contributed by atoms with van der Waals surface area (Å²) in [5, 5.41) is 0. The molecule has 2 N–H and O–H groups in total. The van der Waals surface area contributed by atoms with E-state index in [1.54, 1.807) is 0 Å². The van der Waals surface area contributed by atoms with Gasteiger partial charge in [0.1, 0.15) is 5.83 Å². The topological polar surface area (TPSA) is 26.0 Å². The first-order valence-corrected chi connectivity index (χ1v) is 3.33. The Bertz CT molecular complexity index is 140. The number of nitrogens with two attached hydrogens (primary N) is 1. The minimum absolute atomic E-state index is 0.0891. The molecule has 0 saturated heterocycles. The van der Waals surface area contributed by atoms with Crippen LogP contribution in [0.5, 0.6) is 0 Å². The van der Waals surface area contributed by atoms with E-state index in [9.17, 15) is 4.39 Å². The van der Waals surface area contributed by atoms with Crippen LogP contribution in [0.4, 0.5) is 4.39 Å². The molecule has 1 aliphatic carbocycles. The second-order valence-electron chi connectivity index (χ2n) is 2.78. The fraction of sp³-hybridized carbons (Fsp3) is 0.714. The van der Waals surface area contributed by atoms with Crippen LogP contribution < -0.4 is 5.73 Å². The quantitative estimate of drug-likeness (QED) is 0.531. The summed E-state index contributed by atoms with van der Waals surface area (Å²) in [4.78, 5) is 0. The van der Waals surface area contributed by atoms with E-state index in [4.69, 9.17) is 5.73 Å². The molecule has 0 aromatic carbocycles. The Labute approximate surface area is 54.7 Å². The van der Waals surface area contributed by atoms with Crippen LogP contribution in [0.3, 0.4) is 0 Å². The fourth-order valence-corrected chi connectivity index (χ4v) is 1.08. The molecule has 0 aromatic rings. The molecule has 1 aliphatic rings. The highest BCUT2D eigenvalue weighted by molar-refractivity contribution is 5.07. The van der Waals surface area contributed by atoms with Crippen LogP contribution in [-0.4, -0.2) is 0 Å². The molecule has 0 radical (unpaired) electrons. The molecule has 1 nitrogen and oxygen atoms in total. The molecule has 0 amide bonds. The summed E-state index contributed by atoms with van der Waals surface area (Å²) in [6, 6.07) is 0. The molecule has 9 heavy (non-hydrogen) atoms. The van der Waals surface area contributed by atoms with E-state index in [1.165, 1.54) is 0 Å². The van der Waals surface area contributed by atoms with Gasteiger partial charge in [-0.2, -0.15) is 0 Å². The lowest BCUT2D eigenvalue weighted by atomic mass is 9.94. The van der Waals surface area contributed by atoms with Gasteiger partial charge in [-0.3, -0.25) is 0 Å². The van der Waals surface area contributed by atoms with Crippen molar-refractivity contribution in [2.24, 2.45) is 11.7 Å². The molecular formula is C7H12FN. The standard InChI is InChI=1S/C7H12FN/c1-5-2-3-7(9)6(8)4-5/h5H,2-4,9H2,1H3. The van der Waals surface area contributed by atoms with Crippen molar-refractivity contribution in [1.29, 1.82) is 0 Å². The Hall–Kier alpha value is -0.530. The van der Waals surface area contributed by atoms with Gasteiger partial charge >= 0.3 is 0 Å². The van der Waals surface area contributed by atoms with Crippen LogP contribution in [0.1, 0.15) is 26.2 Å². The van der Waals surface area contributed by atoms with Crippen LogP contribution in [0, 0.1) is 5.92 Å². The van der Waals surface area contributed by atoms with Crippen molar-refractivity contribution in [3.05, 3.63) is 11.5 Å². The van der Waals surface area contributed by atoms with E-state index in [0.717, 1.165) is 12.8 Å². The highest BCUT2D eigenvalue weighted by Crippen LogP contribution is 2.26. The predicted octanol–water partition coefficient (Wildman–Crippen LogP) is 1.95. The predicted molar refractivity (Wildman–Crippen MR) is 35.3 cm³/mol. The van der Waals surface area contributed by atoms with Gasteiger partial charge in [0.2, 0.25) is 0 Å². The summed E-state index contributed by atoms with van der Waals surface area (Å²) >= 11 is 0. The summed E-state index contributed by atoms with van der Waals surface area (Å²) in [5.74, 6) is 0.394. The molecule has 0 aromatic heterocycles. The van der Waals surface area contributed by atoms with E-state index in [-0.39, 0.29) is 5.83 Å². The van der Waals surface area contributed by atoms with Gasteiger partial charge in [-0.05, 0) is 18.8 Å². The summed E-state index contributed by atoms with van der Waals surface area (Å²) in [7, 11) is 0. The highest BCUT2D eigenvalue weighted by Gasteiger charge is 2.14. The third kappa shape index (κ3) is 1.44. The van der Waals surface area contributed by atoms with Gasteiger partial charge in [-0.15, -0.1) is 0 Å². The van der Waals surface area contributed by atoms with Crippen LogP contribution in [-0.2, 0) is 0 Å². The van der Waals surface area contributed by atoms with Crippen molar-refractivity contribution in [1.82, 2.24) is 0 Å². The maximum atomic E-state index is 12.6. The molecule has 0 aliphatic heterocycles. The smallest absolute Gasteiger partial charge is 0.119 e. The molecule has 0 bridgehead atoms. The lowest BCUT2D eigenvalue weighted by molar-refractivity contribution is 0.420. The number of halogens is 1. The van der Waals surface area contributed by atoms with Crippen molar-refractivity contribution in [3.63, 3.8) is 0 Å². The van der Waals surface area contributed by atoms with E-state index in [2.05, 4.69) is 0 Å². The summed E-state index contributed by atoms with van der Waals surface area (Å²) in [5.41, 5.74) is 5.81. The van der Waals surface area contributed by atoms with Crippen molar-refractivity contribution in [2.75, 3.05) is 0 Å². The molecular weight excluding hydrogens is 117 g/mol. The Morgan fingerprint density at radius 3 is 2.78 bits per heavy atom. The van der Waals surface area contributed by atoms with E-state index >= 15 is 0 Å². The van der Waals surface area contributed by atoms with Crippen LogP contribution in [0.2, 0.25) is 0 Å². The number of hydrogen-bond donors (Lipinski definition) is 1. The average molecular weight is 129 g/mol. The average Bonchev–Trinajstić information content (AvgIpc) is 1.80. The molecule has 52 valence electrons. The third-order valence-electron chi connectivity index (χ3n) is 1.78. The Balaban J connectivity index is 2.61. The van der Waals surface area contributed by atoms with Gasteiger partial charge in [-0.1, -0.05) is 6.92 Å². The maximum absolute atomic E-state index is 12.6. The van der Waals surface area contributed by atoms with Crippen molar-refractivity contribution < 1.29 is 4.39 Å². The maximum Gasteiger partial charge on any atom is 0.119 e. The molecule has 2 heteroatoms. The molecule has 1 unspecified atom stereocenters. The van der Waals surface area contributed by atoms with E-state index in [1.807, 2.05) is 6.92 Å². The zero-order chi connectivity index (χ0) is 6.85. The summed E-state index contributed by atoms with van der Waals surface area (Å²) < 4.78 is 12.6. The van der Waals surface area contributed by atoms with Crippen LogP contribution in [0.15, 0.2) is 11.5 Å². The minimum atomic E-state index is -0.0891. The zero-order valence-electron chi connectivity index (χ0n) is 5.65. The number of hydrogen-bond acceptors (Lipinski definition) is 1. The first-order chi connectivity index (χ1) is 4.20. The largest absolute Gasteiger partial charge is 0.400 e.